The van der Waals surface area contributed by atoms with Crippen LogP contribution in [0.3, 0.4) is 0 Å². The summed E-state index contributed by atoms with van der Waals surface area (Å²) < 4.78 is 0. The zero-order valence-corrected chi connectivity index (χ0v) is 13.5. The summed E-state index contributed by atoms with van der Waals surface area (Å²) in [7, 11) is 0. The number of hydrogen-bond donors (Lipinski definition) is 0. The van der Waals surface area contributed by atoms with Gasteiger partial charge < -0.3 is 4.90 Å². The van der Waals surface area contributed by atoms with Crippen molar-refractivity contribution >= 4 is 33.2 Å². The molecule has 2 heterocycles. The second kappa shape index (κ2) is 6.02. The van der Waals surface area contributed by atoms with E-state index >= 15 is 0 Å². The highest BCUT2D eigenvalue weighted by Crippen LogP contribution is 2.32. The third-order valence-electron chi connectivity index (χ3n) is 4.37. The summed E-state index contributed by atoms with van der Waals surface area (Å²) in [6.07, 6.45) is 3.96. The summed E-state index contributed by atoms with van der Waals surface area (Å²) in [5.74, 6) is 0. The van der Waals surface area contributed by atoms with Gasteiger partial charge in [0, 0.05) is 47.3 Å². The standard InChI is InChI=1S/C15H20BrClN2/c16-10-13-14(17)5-1-6-15(13)19-9-3-8-18-7-2-4-12(18)11-19/h1,5-6,12H,2-4,7-11H2. The Hall–Kier alpha value is -0.250. The van der Waals surface area contributed by atoms with E-state index in [0.29, 0.717) is 0 Å². The molecule has 3 rings (SSSR count). The molecule has 1 unspecified atom stereocenters. The molecule has 19 heavy (non-hydrogen) atoms. The van der Waals surface area contributed by atoms with E-state index in [1.807, 2.05) is 6.07 Å². The van der Waals surface area contributed by atoms with Crippen LogP contribution in [-0.2, 0) is 5.33 Å². The van der Waals surface area contributed by atoms with Gasteiger partial charge in [0.15, 0.2) is 0 Å². The minimum Gasteiger partial charge on any atom is -0.370 e. The molecule has 0 bridgehead atoms. The largest absolute Gasteiger partial charge is 0.370 e. The van der Waals surface area contributed by atoms with Crippen molar-refractivity contribution in [3.8, 4) is 0 Å². The Balaban J connectivity index is 1.87. The molecule has 1 aromatic carbocycles. The SMILES string of the molecule is Clc1cccc(N2CCCN3CCCC3C2)c1CBr. The predicted molar refractivity (Wildman–Crippen MR) is 85.5 cm³/mol. The van der Waals surface area contributed by atoms with Gasteiger partial charge in [0.25, 0.3) is 0 Å². The Bertz CT molecular complexity index is 452. The Kier molecular flexibility index (Phi) is 4.35. The van der Waals surface area contributed by atoms with E-state index in [9.17, 15) is 0 Å². The van der Waals surface area contributed by atoms with E-state index in [1.54, 1.807) is 0 Å². The minimum atomic E-state index is 0.740. The first-order valence-corrected chi connectivity index (χ1v) is 8.62. The maximum absolute atomic E-state index is 6.33. The van der Waals surface area contributed by atoms with Crippen LogP contribution in [-0.4, -0.2) is 37.1 Å². The summed E-state index contributed by atoms with van der Waals surface area (Å²) in [6, 6.07) is 7.01. The monoisotopic (exact) mass is 342 g/mol. The smallest absolute Gasteiger partial charge is 0.0467 e. The summed E-state index contributed by atoms with van der Waals surface area (Å²) in [6.45, 7) is 4.85. The van der Waals surface area contributed by atoms with E-state index in [-0.39, 0.29) is 0 Å². The minimum absolute atomic E-state index is 0.740. The van der Waals surface area contributed by atoms with Gasteiger partial charge >= 0.3 is 0 Å². The van der Waals surface area contributed by atoms with Crippen molar-refractivity contribution in [1.29, 1.82) is 0 Å². The first-order chi connectivity index (χ1) is 9.29. The third-order valence-corrected chi connectivity index (χ3v) is 5.29. The van der Waals surface area contributed by atoms with Crippen LogP contribution in [0, 0.1) is 0 Å². The number of nitrogens with zero attached hydrogens (tertiary/aromatic N) is 2. The maximum Gasteiger partial charge on any atom is 0.0467 e. The molecular weight excluding hydrogens is 324 g/mol. The van der Waals surface area contributed by atoms with E-state index in [0.717, 1.165) is 29.5 Å². The third kappa shape index (κ3) is 2.79. The van der Waals surface area contributed by atoms with Gasteiger partial charge in [0.1, 0.15) is 0 Å². The van der Waals surface area contributed by atoms with Crippen molar-refractivity contribution in [1.82, 2.24) is 4.90 Å². The molecule has 0 saturated carbocycles. The van der Waals surface area contributed by atoms with Gasteiger partial charge in [-0.2, -0.15) is 0 Å². The van der Waals surface area contributed by atoms with E-state index in [2.05, 4.69) is 37.9 Å². The average Bonchev–Trinajstić information content (AvgIpc) is 2.76. The van der Waals surface area contributed by atoms with Gasteiger partial charge in [-0.05, 0) is 37.9 Å². The first kappa shape index (κ1) is 13.7. The van der Waals surface area contributed by atoms with Gasteiger partial charge in [-0.15, -0.1) is 0 Å². The van der Waals surface area contributed by atoms with Crippen molar-refractivity contribution in [3.63, 3.8) is 0 Å². The molecule has 0 aromatic heterocycles. The van der Waals surface area contributed by atoms with Crippen LogP contribution in [0.1, 0.15) is 24.8 Å². The molecule has 2 nitrogen and oxygen atoms in total. The summed E-state index contributed by atoms with van der Waals surface area (Å²) in [4.78, 5) is 5.21. The van der Waals surface area contributed by atoms with Crippen LogP contribution >= 0.6 is 27.5 Å². The summed E-state index contributed by atoms with van der Waals surface area (Å²) in [5.41, 5.74) is 2.55. The summed E-state index contributed by atoms with van der Waals surface area (Å²) in [5, 5.41) is 1.70. The van der Waals surface area contributed by atoms with Crippen LogP contribution in [0.4, 0.5) is 5.69 Å². The molecule has 1 atom stereocenters. The average molecular weight is 344 g/mol. The topological polar surface area (TPSA) is 6.48 Å². The molecule has 2 saturated heterocycles. The van der Waals surface area contributed by atoms with Crippen molar-refractivity contribution in [2.24, 2.45) is 0 Å². The van der Waals surface area contributed by atoms with Crippen LogP contribution in [0.25, 0.3) is 0 Å². The van der Waals surface area contributed by atoms with Crippen molar-refractivity contribution in [2.45, 2.75) is 30.6 Å². The maximum atomic E-state index is 6.33. The molecule has 0 aliphatic carbocycles. The van der Waals surface area contributed by atoms with Gasteiger partial charge in [-0.25, -0.2) is 0 Å². The molecule has 2 aliphatic heterocycles. The second-order valence-electron chi connectivity index (χ2n) is 5.50. The molecule has 2 aliphatic rings. The number of anilines is 1. The van der Waals surface area contributed by atoms with Crippen molar-refractivity contribution < 1.29 is 0 Å². The molecular formula is C15H20BrClN2. The molecule has 0 N–H and O–H groups in total. The lowest BCUT2D eigenvalue weighted by molar-refractivity contribution is 0.273. The normalized spacial score (nSPS) is 24.3. The lowest BCUT2D eigenvalue weighted by Crippen LogP contribution is -2.36. The van der Waals surface area contributed by atoms with E-state index in [4.69, 9.17) is 11.6 Å². The van der Waals surface area contributed by atoms with Crippen molar-refractivity contribution in [3.05, 3.63) is 28.8 Å². The van der Waals surface area contributed by atoms with E-state index < -0.39 is 0 Å². The van der Waals surface area contributed by atoms with Gasteiger partial charge in [-0.1, -0.05) is 33.6 Å². The molecule has 1 aromatic rings. The van der Waals surface area contributed by atoms with Crippen LogP contribution in [0.5, 0.6) is 0 Å². The Labute approximate surface area is 128 Å². The number of fused-ring (bicyclic) bond motifs is 1. The molecule has 0 spiro atoms. The van der Waals surface area contributed by atoms with Crippen LogP contribution in [0.15, 0.2) is 18.2 Å². The molecule has 0 radical (unpaired) electrons. The zero-order valence-electron chi connectivity index (χ0n) is 11.1. The Morgan fingerprint density at radius 3 is 2.89 bits per heavy atom. The fraction of sp³-hybridized carbons (Fsp3) is 0.600. The number of benzene rings is 1. The molecule has 104 valence electrons. The van der Waals surface area contributed by atoms with Crippen LogP contribution < -0.4 is 4.90 Å². The zero-order chi connectivity index (χ0) is 13.2. The Morgan fingerprint density at radius 2 is 2.05 bits per heavy atom. The van der Waals surface area contributed by atoms with Gasteiger partial charge in [0.2, 0.25) is 0 Å². The highest BCUT2D eigenvalue weighted by molar-refractivity contribution is 9.08. The molecule has 4 heteroatoms. The fourth-order valence-corrected chi connectivity index (χ4v) is 4.39. The van der Waals surface area contributed by atoms with Gasteiger partial charge in [-0.3, -0.25) is 4.90 Å². The molecule has 0 amide bonds. The Morgan fingerprint density at radius 1 is 1.21 bits per heavy atom. The quantitative estimate of drug-likeness (QED) is 0.751. The number of rotatable bonds is 2. The molecule has 2 fully saturated rings. The second-order valence-corrected chi connectivity index (χ2v) is 6.47. The lowest BCUT2D eigenvalue weighted by Gasteiger charge is -2.29. The summed E-state index contributed by atoms with van der Waals surface area (Å²) >= 11 is 9.91. The van der Waals surface area contributed by atoms with Crippen LogP contribution in [0.2, 0.25) is 5.02 Å². The van der Waals surface area contributed by atoms with E-state index in [1.165, 1.54) is 43.6 Å². The first-order valence-electron chi connectivity index (χ1n) is 7.12. The number of halogens is 2. The fourth-order valence-electron chi connectivity index (χ4n) is 3.40. The van der Waals surface area contributed by atoms with Gasteiger partial charge in [0.05, 0.1) is 0 Å². The highest BCUT2D eigenvalue weighted by Gasteiger charge is 2.29. The lowest BCUT2D eigenvalue weighted by atomic mass is 10.1. The number of hydrogen-bond acceptors (Lipinski definition) is 2. The predicted octanol–water partition coefficient (Wildman–Crippen LogP) is 3.91. The highest BCUT2D eigenvalue weighted by atomic mass is 79.9. The number of alkyl halides is 1. The van der Waals surface area contributed by atoms with Crippen molar-refractivity contribution in [2.75, 3.05) is 31.1 Å².